The number of nitrogens with one attached hydrogen (secondary N) is 1. The first-order valence-corrected chi connectivity index (χ1v) is 9.67. The van der Waals surface area contributed by atoms with Gasteiger partial charge in [-0.1, -0.05) is 18.2 Å². The van der Waals surface area contributed by atoms with Gasteiger partial charge < -0.3 is 15.0 Å². The monoisotopic (exact) mass is 391 g/mol. The van der Waals surface area contributed by atoms with E-state index < -0.39 is 0 Å². The highest BCUT2D eigenvalue weighted by molar-refractivity contribution is 6.04. The zero-order valence-electron chi connectivity index (χ0n) is 16.0. The predicted octanol–water partition coefficient (Wildman–Crippen LogP) is 4.65. The number of carbonyl (C=O) groups excluding carboxylic acids is 1. The molecule has 1 N–H and O–H groups in total. The summed E-state index contributed by atoms with van der Waals surface area (Å²) in [5.41, 5.74) is 1.99. The van der Waals surface area contributed by atoms with Gasteiger partial charge in [0.2, 0.25) is 0 Å². The molecule has 148 valence electrons. The summed E-state index contributed by atoms with van der Waals surface area (Å²) in [4.78, 5) is 19.3. The lowest BCUT2D eigenvalue weighted by molar-refractivity contribution is 0.102. The van der Waals surface area contributed by atoms with Crippen LogP contribution in [0.25, 0.3) is 0 Å². The summed E-state index contributed by atoms with van der Waals surface area (Å²) in [5, 5.41) is 2.87. The van der Waals surface area contributed by atoms with Crippen molar-refractivity contribution in [2.75, 3.05) is 23.3 Å². The molecule has 1 fully saturated rings. The number of ether oxygens (including phenoxy) is 1. The Morgan fingerprint density at radius 2 is 1.86 bits per heavy atom. The third-order valence-electron chi connectivity index (χ3n) is 4.85. The molecule has 1 aliphatic rings. The first-order valence-electron chi connectivity index (χ1n) is 9.67. The van der Waals surface area contributed by atoms with Crippen molar-refractivity contribution in [3.8, 4) is 5.75 Å². The average molecular weight is 391 g/mol. The van der Waals surface area contributed by atoms with Crippen LogP contribution in [0.1, 0.15) is 28.8 Å². The summed E-state index contributed by atoms with van der Waals surface area (Å²) >= 11 is 0. The third kappa shape index (κ3) is 4.90. The fourth-order valence-electron chi connectivity index (χ4n) is 3.27. The lowest BCUT2D eigenvalue weighted by atomic mass is 10.2. The van der Waals surface area contributed by atoms with Gasteiger partial charge in [-0.15, -0.1) is 0 Å². The molecule has 0 spiro atoms. The van der Waals surface area contributed by atoms with E-state index in [9.17, 15) is 9.18 Å². The van der Waals surface area contributed by atoms with Crippen molar-refractivity contribution >= 4 is 17.4 Å². The fraction of sp³-hybridized carbons (Fsp3) is 0.217. The van der Waals surface area contributed by atoms with Gasteiger partial charge in [0, 0.05) is 18.7 Å². The summed E-state index contributed by atoms with van der Waals surface area (Å²) in [7, 11) is 0. The standard InChI is InChI=1S/C23H22FN3O2/c24-19-8-6-17(7-9-19)16-29-21-5-3-4-18(14-21)23(28)26-20-10-11-22(25-15-20)27-12-1-2-13-27/h3-11,14-15H,1-2,12-13,16H2,(H,26,28). The second-order valence-electron chi connectivity index (χ2n) is 7.00. The first kappa shape index (κ1) is 18.9. The van der Waals surface area contributed by atoms with E-state index in [0.717, 1.165) is 24.5 Å². The molecular formula is C23H22FN3O2. The smallest absolute Gasteiger partial charge is 0.255 e. The molecule has 2 heterocycles. The van der Waals surface area contributed by atoms with Gasteiger partial charge in [0.25, 0.3) is 5.91 Å². The SMILES string of the molecule is O=C(Nc1ccc(N2CCCC2)nc1)c1cccc(OCc2ccc(F)cc2)c1. The second-order valence-corrected chi connectivity index (χ2v) is 7.00. The molecule has 1 aliphatic heterocycles. The van der Waals surface area contributed by atoms with Crippen molar-refractivity contribution in [3.05, 3.63) is 83.8 Å². The van der Waals surface area contributed by atoms with Crippen LogP contribution in [0, 0.1) is 5.82 Å². The number of rotatable bonds is 6. The Morgan fingerprint density at radius 1 is 1.07 bits per heavy atom. The molecule has 6 heteroatoms. The number of aromatic nitrogens is 1. The molecule has 0 unspecified atom stereocenters. The summed E-state index contributed by atoms with van der Waals surface area (Å²) in [5.74, 6) is 1.00. The zero-order chi connectivity index (χ0) is 20.1. The van der Waals surface area contributed by atoms with E-state index in [1.54, 1.807) is 42.6 Å². The van der Waals surface area contributed by atoms with Crippen LogP contribution in [-0.4, -0.2) is 24.0 Å². The van der Waals surface area contributed by atoms with Gasteiger partial charge in [-0.3, -0.25) is 4.79 Å². The van der Waals surface area contributed by atoms with E-state index in [1.807, 2.05) is 12.1 Å². The molecule has 0 radical (unpaired) electrons. The number of halogens is 1. The Bertz CT molecular complexity index is 968. The molecule has 1 amide bonds. The van der Waals surface area contributed by atoms with Gasteiger partial charge in [-0.25, -0.2) is 9.37 Å². The van der Waals surface area contributed by atoms with E-state index in [1.165, 1.54) is 25.0 Å². The maximum atomic E-state index is 13.0. The topological polar surface area (TPSA) is 54.5 Å². The molecule has 4 rings (SSSR count). The van der Waals surface area contributed by atoms with E-state index >= 15 is 0 Å². The summed E-state index contributed by atoms with van der Waals surface area (Å²) in [6, 6.07) is 16.9. The van der Waals surface area contributed by atoms with Crippen molar-refractivity contribution < 1.29 is 13.9 Å². The quantitative estimate of drug-likeness (QED) is 0.664. The summed E-state index contributed by atoms with van der Waals surface area (Å²) < 4.78 is 18.7. The minimum Gasteiger partial charge on any atom is -0.489 e. The molecule has 0 bridgehead atoms. The van der Waals surface area contributed by atoms with E-state index in [2.05, 4.69) is 15.2 Å². The first-order chi connectivity index (χ1) is 14.2. The number of benzene rings is 2. The van der Waals surface area contributed by atoms with Gasteiger partial charge in [0.1, 0.15) is 24.0 Å². The van der Waals surface area contributed by atoms with Crippen LogP contribution in [0.3, 0.4) is 0 Å². The predicted molar refractivity (Wildman–Crippen MR) is 111 cm³/mol. The largest absolute Gasteiger partial charge is 0.489 e. The van der Waals surface area contributed by atoms with E-state index in [0.29, 0.717) is 23.6 Å². The second kappa shape index (κ2) is 8.73. The van der Waals surface area contributed by atoms with Crippen LogP contribution < -0.4 is 15.0 Å². The van der Waals surface area contributed by atoms with Crippen molar-refractivity contribution in [2.24, 2.45) is 0 Å². The van der Waals surface area contributed by atoms with Gasteiger partial charge in [0.05, 0.1) is 11.9 Å². The van der Waals surface area contributed by atoms with E-state index in [4.69, 9.17) is 4.74 Å². The van der Waals surface area contributed by atoms with Gasteiger partial charge in [-0.05, 0) is 60.9 Å². The van der Waals surface area contributed by atoms with Crippen molar-refractivity contribution in [1.82, 2.24) is 4.98 Å². The summed E-state index contributed by atoms with van der Waals surface area (Å²) in [6.07, 6.45) is 4.07. The minimum atomic E-state index is -0.282. The Balaban J connectivity index is 1.37. The molecule has 1 aromatic heterocycles. The molecule has 2 aromatic carbocycles. The summed E-state index contributed by atoms with van der Waals surface area (Å²) in [6.45, 7) is 2.36. The normalized spacial score (nSPS) is 13.3. The molecule has 3 aromatic rings. The zero-order valence-corrected chi connectivity index (χ0v) is 16.0. The average Bonchev–Trinajstić information content (AvgIpc) is 3.29. The Labute approximate surface area is 169 Å². The number of carbonyl (C=O) groups is 1. The molecule has 29 heavy (non-hydrogen) atoms. The molecule has 0 aliphatic carbocycles. The Kier molecular flexibility index (Phi) is 5.70. The van der Waals surface area contributed by atoms with Gasteiger partial charge in [0.15, 0.2) is 0 Å². The number of pyridine rings is 1. The van der Waals surface area contributed by atoms with Crippen LogP contribution >= 0.6 is 0 Å². The third-order valence-corrected chi connectivity index (χ3v) is 4.85. The number of amides is 1. The highest BCUT2D eigenvalue weighted by Crippen LogP contribution is 2.20. The molecule has 0 atom stereocenters. The van der Waals surface area contributed by atoms with Gasteiger partial charge >= 0.3 is 0 Å². The van der Waals surface area contributed by atoms with E-state index in [-0.39, 0.29) is 11.7 Å². The maximum absolute atomic E-state index is 13.0. The minimum absolute atomic E-state index is 0.229. The number of hydrogen-bond donors (Lipinski definition) is 1. The molecule has 1 saturated heterocycles. The Morgan fingerprint density at radius 3 is 2.59 bits per heavy atom. The van der Waals surface area contributed by atoms with Crippen LogP contribution in [0.2, 0.25) is 0 Å². The van der Waals surface area contributed by atoms with Crippen LogP contribution in [-0.2, 0) is 6.61 Å². The van der Waals surface area contributed by atoms with Gasteiger partial charge in [-0.2, -0.15) is 0 Å². The van der Waals surface area contributed by atoms with Crippen molar-refractivity contribution in [1.29, 1.82) is 0 Å². The molecule has 5 nitrogen and oxygen atoms in total. The lowest BCUT2D eigenvalue weighted by Gasteiger charge is -2.16. The van der Waals surface area contributed by atoms with Crippen LogP contribution in [0.15, 0.2) is 66.9 Å². The van der Waals surface area contributed by atoms with Crippen molar-refractivity contribution in [3.63, 3.8) is 0 Å². The van der Waals surface area contributed by atoms with Crippen LogP contribution in [0.5, 0.6) is 5.75 Å². The molecule has 0 saturated carbocycles. The number of nitrogens with zero attached hydrogens (tertiary/aromatic N) is 2. The highest BCUT2D eigenvalue weighted by atomic mass is 19.1. The lowest BCUT2D eigenvalue weighted by Crippen LogP contribution is -2.19. The van der Waals surface area contributed by atoms with Crippen LogP contribution in [0.4, 0.5) is 15.9 Å². The molecular weight excluding hydrogens is 369 g/mol. The number of hydrogen-bond acceptors (Lipinski definition) is 4. The number of anilines is 2. The van der Waals surface area contributed by atoms with Crippen molar-refractivity contribution in [2.45, 2.75) is 19.4 Å². The fourth-order valence-corrected chi connectivity index (χ4v) is 3.27. The Hall–Kier alpha value is -3.41. The maximum Gasteiger partial charge on any atom is 0.255 e. The highest BCUT2D eigenvalue weighted by Gasteiger charge is 2.14.